The van der Waals surface area contributed by atoms with Crippen molar-refractivity contribution in [1.29, 1.82) is 0 Å². The molecule has 2 aliphatic rings. The van der Waals surface area contributed by atoms with E-state index < -0.39 is 6.29 Å². The van der Waals surface area contributed by atoms with Gasteiger partial charge < -0.3 is 19.9 Å². The van der Waals surface area contributed by atoms with Gasteiger partial charge in [-0.3, -0.25) is 9.78 Å². The first kappa shape index (κ1) is 19.8. The van der Waals surface area contributed by atoms with Gasteiger partial charge in [-0.15, -0.1) is 0 Å². The van der Waals surface area contributed by atoms with Crippen LogP contribution >= 0.6 is 0 Å². The van der Waals surface area contributed by atoms with Gasteiger partial charge in [0.25, 0.3) is 5.91 Å². The fourth-order valence-corrected chi connectivity index (χ4v) is 3.89. The number of nitrogens with one attached hydrogen (secondary N) is 1. The minimum atomic E-state index is -0.407. The zero-order chi connectivity index (χ0) is 18.9. The van der Waals surface area contributed by atoms with E-state index in [2.05, 4.69) is 10.3 Å². The minimum absolute atomic E-state index is 0.165. The number of rotatable bonds is 8. The lowest BCUT2D eigenvalue weighted by atomic mass is 9.77. The molecule has 1 amide bonds. The zero-order valence-corrected chi connectivity index (χ0v) is 15.8. The molecule has 0 bridgehead atoms. The standard InChI is InChI=1S/C21H30N2O4/c24-11-4-5-12-26-20-14-17(16-7-2-1-3-8-16)13-19(27-20)21(25)23-18-9-6-10-22-15-18/h6,9-10,13,15-17,20,24H,1-5,7-8,11-12,14H2,(H,23,25)/t17-,20+/m0/s1. The van der Waals surface area contributed by atoms with E-state index >= 15 is 0 Å². The molecule has 2 heterocycles. The predicted molar refractivity (Wildman–Crippen MR) is 103 cm³/mol. The molecule has 1 fully saturated rings. The van der Waals surface area contributed by atoms with Crippen molar-refractivity contribution in [3.8, 4) is 0 Å². The van der Waals surface area contributed by atoms with Gasteiger partial charge in [0.1, 0.15) is 0 Å². The Morgan fingerprint density at radius 1 is 1.30 bits per heavy atom. The van der Waals surface area contributed by atoms with Crippen molar-refractivity contribution in [2.75, 3.05) is 18.5 Å². The highest BCUT2D eigenvalue weighted by Gasteiger charge is 2.32. The lowest BCUT2D eigenvalue weighted by molar-refractivity contribution is -0.149. The van der Waals surface area contributed by atoms with Crippen molar-refractivity contribution < 1.29 is 19.4 Å². The molecule has 27 heavy (non-hydrogen) atoms. The first-order valence-electron chi connectivity index (χ1n) is 10.1. The third kappa shape index (κ3) is 6.04. The van der Waals surface area contributed by atoms with Crippen LogP contribution in [0.25, 0.3) is 0 Å². The number of aliphatic hydroxyl groups excluding tert-OH is 1. The van der Waals surface area contributed by atoms with Crippen molar-refractivity contribution in [3.05, 3.63) is 36.4 Å². The Balaban J connectivity index is 1.66. The molecule has 0 saturated heterocycles. The van der Waals surface area contributed by atoms with Crippen molar-refractivity contribution in [3.63, 3.8) is 0 Å². The Hall–Kier alpha value is -1.92. The average Bonchev–Trinajstić information content (AvgIpc) is 2.72. The van der Waals surface area contributed by atoms with Crippen LogP contribution in [0.15, 0.2) is 36.4 Å². The van der Waals surface area contributed by atoms with Crippen LogP contribution in [0.3, 0.4) is 0 Å². The Labute approximate surface area is 161 Å². The Kier molecular flexibility index (Phi) is 7.66. The molecule has 0 radical (unpaired) electrons. The maximum atomic E-state index is 12.7. The fourth-order valence-electron chi connectivity index (χ4n) is 3.89. The summed E-state index contributed by atoms with van der Waals surface area (Å²) in [4.78, 5) is 16.7. The number of hydrogen-bond acceptors (Lipinski definition) is 5. The molecule has 1 aliphatic carbocycles. The molecule has 2 atom stereocenters. The molecule has 6 heteroatoms. The molecular weight excluding hydrogens is 344 g/mol. The maximum Gasteiger partial charge on any atom is 0.290 e. The van der Waals surface area contributed by atoms with Crippen molar-refractivity contribution >= 4 is 11.6 Å². The number of pyridine rings is 1. The van der Waals surface area contributed by atoms with Crippen molar-refractivity contribution in [1.82, 2.24) is 4.98 Å². The van der Waals surface area contributed by atoms with E-state index in [1.807, 2.05) is 6.08 Å². The van der Waals surface area contributed by atoms with Crippen LogP contribution in [-0.4, -0.2) is 35.5 Å². The predicted octanol–water partition coefficient (Wildman–Crippen LogP) is 3.64. The summed E-state index contributed by atoms with van der Waals surface area (Å²) in [6.07, 6.45) is 13.4. The van der Waals surface area contributed by atoms with Gasteiger partial charge in [-0.1, -0.05) is 19.3 Å². The third-order valence-electron chi connectivity index (χ3n) is 5.34. The summed E-state index contributed by atoms with van der Waals surface area (Å²) in [6.45, 7) is 0.693. The number of carbonyl (C=O) groups is 1. The topological polar surface area (TPSA) is 80.7 Å². The number of carbonyl (C=O) groups excluding carboxylic acids is 1. The molecule has 148 valence electrons. The van der Waals surface area contributed by atoms with Gasteiger partial charge in [0.15, 0.2) is 5.76 Å². The summed E-state index contributed by atoms with van der Waals surface area (Å²) in [6, 6.07) is 3.58. The second-order valence-corrected chi connectivity index (χ2v) is 7.37. The molecular formula is C21H30N2O4. The summed E-state index contributed by atoms with van der Waals surface area (Å²) in [5.41, 5.74) is 0.646. The summed E-state index contributed by atoms with van der Waals surface area (Å²) in [5, 5.41) is 11.8. The van der Waals surface area contributed by atoms with E-state index in [9.17, 15) is 4.79 Å². The second kappa shape index (κ2) is 10.4. The number of nitrogens with zero attached hydrogens (tertiary/aromatic N) is 1. The number of aromatic nitrogens is 1. The second-order valence-electron chi connectivity index (χ2n) is 7.37. The number of allylic oxidation sites excluding steroid dienone is 1. The van der Waals surface area contributed by atoms with Gasteiger partial charge in [0.05, 0.1) is 18.5 Å². The van der Waals surface area contributed by atoms with Crippen LogP contribution in [0, 0.1) is 11.8 Å². The highest BCUT2D eigenvalue weighted by atomic mass is 16.7. The molecule has 1 aliphatic heterocycles. The number of aliphatic hydroxyl groups is 1. The van der Waals surface area contributed by atoms with E-state index in [0.717, 1.165) is 12.8 Å². The number of hydrogen-bond donors (Lipinski definition) is 2. The van der Waals surface area contributed by atoms with Crippen molar-refractivity contribution in [2.24, 2.45) is 11.8 Å². The lowest BCUT2D eigenvalue weighted by Crippen LogP contribution is -2.33. The van der Waals surface area contributed by atoms with Gasteiger partial charge in [0, 0.05) is 19.2 Å². The van der Waals surface area contributed by atoms with E-state index in [-0.39, 0.29) is 12.5 Å². The summed E-state index contributed by atoms with van der Waals surface area (Å²) in [5.74, 6) is 0.976. The van der Waals surface area contributed by atoms with Gasteiger partial charge in [-0.25, -0.2) is 0 Å². The van der Waals surface area contributed by atoms with E-state index in [1.165, 1.54) is 32.1 Å². The lowest BCUT2D eigenvalue weighted by Gasteiger charge is -2.35. The highest BCUT2D eigenvalue weighted by molar-refractivity contribution is 6.02. The highest BCUT2D eigenvalue weighted by Crippen LogP contribution is 2.37. The summed E-state index contributed by atoms with van der Waals surface area (Å²) >= 11 is 0. The van der Waals surface area contributed by atoms with Crippen LogP contribution in [0.2, 0.25) is 0 Å². The molecule has 0 spiro atoms. The van der Waals surface area contributed by atoms with Crippen molar-refractivity contribution in [2.45, 2.75) is 57.7 Å². The van der Waals surface area contributed by atoms with Crippen LogP contribution in [0.1, 0.15) is 51.4 Å². The van der Waals surface area contributed by atoms with Crippen LogP contribution in [0.5, 0.6) is 0 Å². The first-order valence-corrected chi connectivity index (χ1v) is 10.1. The van der Waals surface area contributed by atoms with E-state index in [4.69, 9.17) is 14.6 Å². The molecule has 2 N–H and O–H groups in total. The largest absolute Gasteiger partial charge is 0.459 e. The normalized spacial score (nSPS) is 23.4. The monoisotopic (exact) mass is 374 g/mol. The summed E-state index contributed by atoms with van der Waals surface area (Å²) < 4.78 is 11.7. The van der Waals surface area contributed by atoms with E-state index in [0.29, 0.717) is 36.3 Å². The molecule has 1 aromatic rings. The molecule has 0 unspecified atom stereocenters. The number of unbranched alkanes of at least 4 members (excludes halogenated alkanes) is 1. The molecule has 1 aromatic heterocycles. The SMILES string of the molecule is O=C(Nc1cccnc1)C1=C[C@H](C2CCCCC2)C[C@H](OCCCCO)O1. The Morgan fingerprint density at radius 3 is 2.89 bits per heavy atom. The Morgan fingerprint density at radius 2 is 2.15 bits per heavy atom. The molecule has 3 rings (SSSR count). The Bertz CT molecular complexity index is 614. The average molecular weight is 374 g/mol. The summed E-state index contributed by atoms with van der Waals surface area (Å²) in [7, 11) is 0. The first-order chi connectivity index (χ1) is 13.3. The smallest absolute Gasteiger partial charge is 0.290 e. The van der Waals surface area contributed by atoms with Crippen LogP contribution in [-0.2, 0) is 14.3 Å². The fraction of sp³-hybridized carbons (Fsp3) is 0.619. The number of anilines is 1. The third-order valence-corrected chi connectivity index (χ3v) is 5.34. The maximum absolute atomic E-state index is 12.7. The van der Waals surface area contributed by atoms with Gasteiger partial charge in [-0.2, -0.15) is 0 Å². The van der Waals surface area contributed by atoms with Gasteiger partial charge in [0.2, 0.25) is 6.29 Å². The molecule has 0 aromatic carbocycles. The van der Waals surface area contributed by atoms with Gasteiger partial charge >= 0.3 is 0 Å². The van der Waals surface area contributed by atoms with Crippen LogP contribution in [0.4, 0.5) is 5.69 Å². The molecule has 6 nitrogen and oxygen atoms in total. The van der Waals surface area contributed by atoms with E-state index in [1.54, 1.807) is 24.5 Å². The number of ether oxygens (including phenoxy) is 2. The number of amides is 1. The minimum Gasteiger partial charge on any atom is -0.459 e. The van der Waals surface area contributed by atoms with Gasteiger partial charge in [-0.05, 0) is 55.7 Å². The zero-order valence-electron chi connectivity index (χ0n) is 15.8. The quantitative estimate of drug-likeness (QED) is 0.679. The van der Waals surface area contributed by atoms with Crippen LogP contribution < -0.4 is 5.32 Å². The molecule has 1 saturated carbocycles.